The van der Waals surface area contributed by atoms with Gasteiger partial charge in [-0.05, 0) is 48.6 Å². The van der Waals surface area contributed by atoms with Crippen molar-refractivity contribution in [1.82, 2.24) is 4.98 Å². The van der Waals surface area contributed by atoms with Gasteiger partial charge >= 0.3 is 0 Å². The molecule has 7 heteroatoms. The van der Waals surface area contributed by atoms with Gasteiger partial charge in [0.2, 0.25) is 5.91 Å². The van der Waals surface area contributed by atoms with Crippen molar-refractivity contribution in [2.75, 3.05) is 11.1 Å². The second-order valence-electron chi connectivity index (χ2n) is 6.03. The maximum Gasteiger partial charge on any atom is 0.226 e. The Morgan fingerprint density at radius 1 is 1.22 bits per heavy atom. The lowest BCUT2D eigenvalue weighted by atomic mass is 10.1. The third-order valence-corrected chi connectivity index (χ3v) is 6.12. The molecule has 0 unspecified atom stereocenters. The molecule has 0 saturated carbocycles. The van der Waals surface area contributed by atoms with Crippen molar-refractivity contribution in [3.63, 3.8) is 0 Å². The highest BCUT2D eigenvalue weighted by Crippen LogP contribution is 2.40. The summed E-state index contributed by atoms with van der Waals surface area (Å²) < 4.78 is 18.6. The first-order valence-electron chi connectivity index (χ1n) is 8.59. The molecule has 1 aliphatic rings. The number of thiazole rings is 1. The number of nitrogens with zero attached hydrogens (tertiary/aromatic N) is 1. The van der Waals surface area contributed by atoms with Crippen LogP contribution in [0, 0.1) is 5.82 Å². The number of amides is 1. The van der Waals surface area contributed by atoms with Crippen molar-refractivity contribution in [2.45, 2.75) is 24.3 Å². The summed E-state index contributed by atoms with van der Waals surface area (Å²) in [6, 6.07) is 14.2. The Labute approximate surface area is 164 Å². The minimum atomic E-state index is -0.238. The van der Waals surface area contributed by atoms with E-state index in [0.29, 0.717) is 18.2 Å². The van der Waals surface area contributed by atoms with E-state index < -0.39 is 0 Å². The predicted octanol–water partition coefficient (Wildman–Crippen LogP) is 5.35. The van der Waals surface area contributed by atoms with Gasteiger partial charge in [0.25, 0.3) is 0 Å². The van der Waals surface area contributed by atoms with Gasteiger partial charge in [-0.2, -0.15) is 0 Å². The SMILES string of the molecule is O=C(CCCSc1ccc(F)cc1)Nc1nc2c(s1)COc1ccccc1-2. The number of aromatic nitrogens is 1. The van der Waals surface area contributed by atoms with Crippen LogP contribution in [0.2, 0.25) is 0 Å². The second kappa shape index (κ2) is 8.10. The van der Waals surface area contributed by atoms with Crippen molar-refractivity contribution >= 4 is 34.1 Å². The number of thioether (sulfide) groups is 1. The number of hydrogen-bond acceptors (Lipinski definition) is 5. The number of para-hydroxylation sites is 1. The maximum atomic E-state index is 12.9. The van der Waals surface area contributed by atoms with E-state index in [2.05, 4.69) is 10.3 Å². The van der Waals surface area contributed by atoms with E-state index in [1.807, 2.05) is 24.3 Å². The number of hydrogen-bond donors (Lipinski definition) is 1. The average molecular weight is 401 g/mol. The van der Waals surface area contributed by atoms with Crippen molar-refractivity contribution < 1.29 is 13.9 Å². The highest BCUT2D eigenvalue weighted by molar-refractivity contribution is 7.99. The van der Waals surface area contributed by atoms with Crippen LogP contribution >= 0.6 is 23.1 Å². The van der Waals surface area contributed by atoms with E-state index in [1.54, 1.807) is 23.9 Å². The largest absolute Gasteiger partial charge is 0.487 e. The van der Waals surface area contributed by atoms with Crippen LogP contribution in [0.4, 0.5) is 9.52 Å². The summed E-state index contributed by atoms with van der Waals surface area (Å²) in [5.41, 5.74) is 1.86. The normalized spacial score (nSPS) is 12.0. The molecule has 138 valence electrons. The zero-order valence-electron chi connectivity index (χ0n) is 14.4. The molecule has 0 aliphatic carbocycles. The monoisotopic (exact) mass is 400 g/mol. The number of carbonyl (C=O) groups is 1. The van der Waals surface area contributed by atoms with E-state index >= 15 is 0 Å². The molecule has 2 heterocycles. The Balaban J connectivity index is 1.29. The van der Waals surface area contributed by atoms with Crippen LogP contribution in [0.3, 0.4) is 0 Å². The molecule has 27 heavy (non-hydrogen) atoms. The number of nitrogens with one attached hydrogen (secondary N) is 1. The Bertz CT molecular complexity index is 957. The molecule has 0 spiro atoms. The van der Waals surface area contributed by atoms with Gasteiger partial charge in [0.1, 0.15) is 18.2 Å². The van der Waals surface area contributed by atoms with E-state index in [0.717, 1.165) is 39.0 Å². The maximum absolute atomic E-state index is 12.9. The summed E-state index contributed by atoms with van der Waals surface area (Å²) >= 11 is 3.07. The van der Waals surface area contributed by atoms with Gasteiger partial charge in [-0.15, -0.1) is 11.8 Å². The second-order valence-corrected chi connectivity index (χ2v) is 8.28. The molecule has 0 atom stereocenters. The fourth-order valence-corrected chi connectivity index (χ4v) is 4.54. The number of rotatable bonds is 6. The fraction of sp³-hybridized carbons (Fsp3) is 0.200. The molecular weight excluding hydrogens is 383 g/mol. The smallest absolute Gasteiger partial charge is 0.226 e. The number of carbonyl (C=O) groups excluding carboxylic acids is 1. The topological polar surface area (TPSA) is 51.2 Å². The molecule has 4 rings (SSSR count). The van der Waals surface area contributed by atoms with Crippen molar-refractivity contribution in [1.29, 1.82) is 0 Å². The first-order valence-corrected chi connectivity index (χ1v) is 10.4. The summed E-state index contributed by atoms with van der Waals surface area (Å²) in [5, 5.41) is 3.50. The quantitative estimate of drug-likeness (QED) is 0.447. The Morgan fingerprint density at radius 3 is 2.89 bits per heavy atom. The molecule has 0 saturated heterocycles. The molecule has 1 aromatic heterocycles. The number of fused-ring (bicyclic) bond motifs is 3. The lowest BCUT2D eigenvalue weighted by Crippen LogP contribution is -2.11. The molecule has 1 amide bonds. The van der Waals surface area contributed by atoms with Gasteiger partial charge in [0, 0.05) is 16.9 Å². The van der Waals surface area contributed by atoms with Gasteiger partial charge in [0.15, 0.2) is 5.13 Å². The third-order valence-electron chi connectivity index (χ3n) is 4.08. The molecular formula is C20H17FN2O2S2. The standard InChI is InChI=1S/C20H17FN2O2S2/c21-13-7-9-14(10-8-13)26-11-3-6-18(24)22-20-23-19-15-4-1-2-5-16(15)25-12-17(19)27-20/h1-2,4-5,7-10H,3,6,11-12H2,(H,22,23,24). The summed E-state index contributed by atoms with van der Waals surface area (Å²) in [7, 11) is 0. The summed E-state index contributed by atoms with van der Waals surface area (Å²) in [6.07, 6.45) is 1.16. The number of halogens is 1. The number of ether oxygens (including phenoxy) is 1. The van der Waals surface area contributed by atoms with Gasteiger partial charge in [0.05, 0.1) is 10.6 Å². The molecule has 2 aromatic carbocycles. The molecule has 0 bridgehead atoms. The number of benzene rings is 2. The van der Waals surface area contributed by atoms with Crippen molar-refractivity contribution in [3.05, 3.63) is 59.2 Å². The summed E-state index contributed by atoms with van der Waals surface area (Å²) in [4.78, 5) is 18.8. The lowest BCUT2D eigenvalue weighted by Gasteiger charge is -2.15. The molecule has 0 fully saturated rings. The van der Waals surface area contributed by atoms with Crippen LogP contribution in [-0.2, 0) is 11.4 Å². The van der Waals surface area contributed by atoms with Crippen molar-refractivity contribution in [2.24, 2.45) is 0 Å². The average Bonchev–Trinajstić information content (AvgIpc) is 3.09. The fourth-order valence-electron chi connectivity index (χ4n) is 2.78. The van der Waals surface area contributed by atoms with E-state index in [9.17, 15) is 9.18 Å². The van der Waals surface area contributed by atoms with Crippen LogP contribution in [0.15, 0.2) is 53.4 Å². The number of anilines is 1. The Morgan fingerprint density at radius 2 is 2.04 bits per heavy atom. The minimum Gasteiger partial charge on any atom is -0.487 e. The van der Waals surface area contributed by atoms with Gasteiger partial charge in [-0.3, -0.25) is 4.79 Å². The predicted molar refractivity (Wildman–Crippen MR) is 107 cm³/mol. The van der Waals surface area contributed by atoms with Crippen LogP contribution < -0.4 is 10.1 Å². The third kappa shape index (κ3) is 4.31. The Kier molecular flexibility index (Phi) is 5.40. The van der Waals surface area contributed by atoms with Gasteiger partial charge in [-0.25, -0.2) is 9.37 Å². The zero-order valence-corrected chi connectivity index (χ0v) is 16.0. The molecule has 3 aromatic rings. The van der Waals surface area contributed by atoms with Crippen LogP contribution in [0.25, 0.3) is 11.3 Å². The Hall–Kier alpha value is -2.38. The van der Waals surface area contributed by atoms with Crippen LogP contribution in [0.1, 0.15) is 17.7 Å². The lowest BCUT2D eigenvalue weighted by molar-refractivity contribution is -0.116. The summed E-state index contributed by atoms with van der Waals surface area (Å²) in [5.74, 6) is 1.34. The first-order chi connectivity index (χ1) is 13.2. The highest BCUT2D eigenvalue weighted by Gasteiger charge is 2.22. The molecule has 1 N–H and O–H groups in total. The first kappa shape index (κ1) is 18.0. The van der Waals surface area contributed by atoms with E-state index in [4.69, 9.17) is 4.74 Å². The highest BCUT2D eigenvalue weighted by atomic mass is 32.2. The zero-order chi connectivity index (χ0) is 18.6. The van der Waals surface area contributed by atoms with Crippen molar-refractivity contribution in [3.8, 4) is 17.0 Å². The molecule has 4 nitrogen and oxygen atoms in total. The minimum absolute atomic E-state index is 0.0463. The van der Waals surface area contributed by atoms with Crippen LogP contribution in [0.5, 0.6) is 5.75 Å². The van der Waals surface area contributed by atoms with Gasteiger partial charge < -0.3 is 10.1 Å². The van der Waals surface area contributed by atoms with Crippen LogP contribution in [-0.4, -0.2) is 16.6 Å². The molecule has 1 aliphatic heterocycles. The van der Waals surface area contributed by atoms with E-state index in [1.165, 1.54) is 23.5 Å². The van der Waals surface area contributed by atoms with Gasteiger partial charge in [-0.1, -0.05) is 23.5 Å². The van der Waals surface area contributed by atoms with E-state index in [-0.39, 0.29) is 11.7 Å². The molecule has 0 radical (unpaired) electrons. The summed E-state index contributed by atoms with van der Waals surface area (Å²) in [6.45, 7) is 0.480.